The van der Waals surface area contributed by atoms with Crippen molar-refractivity contribution in [1.82, 2.24) is 4.98 Å². The molecular formula is C13H18F3N3O. The van der Waals surface area contributed by atoms with Crippen molar-refractivity contribution in [2.45, 2.75) is 37.9 Å². The molecule has 2 heterocycles. The maximum atomic E-state index is 12.6. The van der Waals surface area contributed by atoms with E-state index in [-0.39, 0.29) is 18.3 Å². The van der Waals surface area contributed by atoms with Gasteiger partial charge in [0.15, 0.2) is 5.82 Å². The fraction of sp³-hybridized carbons (Fsp3) is 0.615. The van der Waals surface area contributed by atoms with Gasteiger partial charge in [-0.25, -0.2) is 4.98 Å². The van der Waals surface area contributed by atoms with E-state index in [0.717, 1.165) is 31.5 Å². The van der Waals surface area contributed by atoms with Gasteiger partial charge in [0.2, 0.25) is 0 Å². The van der Waals surface area contributed by atoms with Crippen molar-refractivity contribution in [1.29, 1.82) is 0 Å². The van der Waals surface area contributed by atoms with Crippen LogP contribution in [0.3, 0.4) is 0 Å². The van der Waals surface area contributed by atoms with Crippen molar-refractivity contribution in [3.63, 3.8) is 0 Å². The fourth-order valence-electron chi connectivity index (χ4n) is 2.60. The van der Waals surface area contributed by atoms with Crippen molar-refractivity contribution >= 4 is 11.5 Å². The second kappa shape index (κ2) is 5.87. The van der Waals surface area contributed by atoms with Crippen LogP contribution in [0, 0.1) is 0 Å². The SMILES string of the molecule is Nc1cc(C(F)(F)F)cnc1N1CCCCC1CCO. The molecular weight excluding hydrogens is 271 g/mol. The largest absolute Gasteiger partial charge is 0.417 e. The number of aliphatic hydroxyl groups excluding tert-OH is 1. The molecule has 1 atom stereocenters. The number of nitrogens with zero attached hydrogens (tertiary/aromatic N) is 2. The van der Waals surface area contributed by atoms with Crippen molar-refractivity contribution in [3.05, 3.63) is 17.8 Å². The molecule has 0 spiro atoms. The molecule has 0 amide bonds. The molecule has 112 valence electrons. The molecule has 20 heavy (non-hydrogen) atoms. The van der Waals surface area contributed by atoms with Crippen LogP contribution in [-0.4, -0.2) is 29.3 Å². The Hall–Kier alpha value is -1.50. The van der Waals surface area contributed by atoms with Gasteiger partial charge in [0.05, 0.1) is 11.3 Å². The van der Waals surface area contributed by atoms with Gasteiger partial charge in [0.25, 0.3) is 0 Å². The van der Waals surface area contributed by atoms with Crippen LogP contribution in [0.2, 0.25) is 0 Å². The van der Waals surface area contributed by atoms with Crippen LogP contribution in [0.5, 0.6) is 0 Å². The molecule has 1 unspecified atom stereocenters. The highest BCUT2D eigenvalue weighted by Gasteiger charge is 2.32. The smallest absolute Gasteiger partial charge is 0.396 e. The predicted molar refractivity (Wildman–Crippen MR) is 70.3 cm³/mol. The molecule has 0 radical (unpaired) electrons. The summed E-state index contributed by atoms with van der Waals surface area (Å²) in [6.45, 7) is 0.745. The summed E-state index contributed by atoms with van der Waals surface area (Å²) in [6, 6.07) is 1.01. The first-order chi connectivity index (χ1) is 9.43. The first-order valence-corrected chi connectivity index (χ1v) is 6.63. The summed E-state index contributed by atoms with van der Waals surface area (Å²) < 4.78 is 37.8. The Morgan fingerprint density at radius 1 is 1.40 bits per heavy atom. The van der Waals surface area contributed by atoms with Gasteiger partial charge in [-0.05, 0) is 31.7 Å². The molecule has 3 N–H and O–H groups in total. The first-order valence-electron chi connectivity index (χ1n) is 6.63. The Morgan fingerprint density at radius 2 is 2.15 bits per heavy atom. The lowest BCUT2D eigenvalue weighted by molar-refractivity contribution is -0.137. The average molecular weight is 289 g/mol. The monoisotopic (exact) mass is 289 g/mol. The third-order valence-electron chi connectivity index (χ3n) is 3.58. The topological polar surface area (TPSA) is 62.4 Å². The molecule has 0 aromatic carbocycles. The number of aromatic nitrogens is 1. The summed E-state index contributed by atoms with van der Waals surface area (Å²) in [6.07, 6.45) is -0.168. The zero-order valence-electron chi connectivity index (χ0n) is 11.0. The number of aliphatic hydroxyl groups is 1. The Kier molecular flexibility index (Phi) is 4.37. The van der Waals surface area contributed by atoms with Crippen LogP contribution < -0.4 is 10.6 Å². The second-order valence-electron chi connectivity index (χ2n) is 4.99. The summed E-state index contributed by atoms with van der Waals surface area (Å²) in [4.78, 5) is 5.81. The van der Waals surface area contributed by atoms with Crippen LogP contribution in [0.4, 0.5) is 24.7 Å². The highest BCUT2D eigenvalue weighted by atomic mass is 19.4. The standard InChI is InChI=1S/C13H18F3N3O/c14-13(15,16)9-7-11(17)12(18-8-9)19-5-2-1-3-10(19)4-6-20/h7-8,10,20H,1-6,17H2. The van der Waals surface area contributed by atoms with E-state index in [4.69, 9.17) is 10.8 Å². The van der Waals surface area contributed by atoms with Crippen molar-refractivity contribution in [2.75, 3.05) is 23.8 Å². The molecule has 1 aliphatic heterocycles. The molecule has 2 rings (SSSR count). The van der Waals surface area contributed by atoms with Crippen LogP contribution in [0.25, 0.3) is 0 Å². The Labute approximate surface area is 115 Å². The predicted octanol–water partition coefficient (Wildman–Crippen LogP) is 2.42. The molecule has 1 aliphatic rings. The van der Waals surface area contributed by atoms with E-state index in [0.29, 0.717) is 18.8 Å². The number of halogens is 3. The quantitative estimate of drug-likeness (QED) is 0.897. The maximum Gasteiger partial charge on any atom is 0.417 e. The van der Waals surface area contributed by atoms with Crippen LogP contribution in [0.15, 0.2) is 12.3 Å². The van der Waals surface area contributed by atoms with Crippen molar-refractivity contribution in [2.24, 2.45) is 0 Å². The lowest BCUT2D eigenvalue weighted by atomic mass is 9.99. The molecule has 1 saturated heterocycles. The number of hydrogen-bond acceptors (Lipinski definition) is 4. The number of nitrogen functional groups attached to an aromatic ring is 1. The zero-order valence-corrected chi connectivity index (χ0v) is 11.0. The lowest BCUT2D eigenvalue weighted by Crippen LogP contribution is -2.41. The number of alkyl halides is 3. The van der Waals surface area contributed by atoms with Gasteiger partial charge in [-0.1, -0.05) is 0 Å². The minimum absolute atomic E-state index is 0.0321. The van der Waals surface area contributed by atoms with Gasteiger partial charge >= 0.3 is 6.18 Å². The van der Waals surface area contributed by atoms with Crippen LogP contribution in [-0.2, 0) is 6.18 Å². The van der Waals surface area contributed by atoms with Gasteiger partial charge in [-0.3, -0.25) is 0 Å². The van der Waals surface area contributed by atoms with E-state index in [1.165, 1.54) is 0 Å². The third kappa shape index (κ3) is 3.15. The molecule has 0 saturated carbocycles. The molecule has 1 fully saturated rings. The first kappa shape index (κ1) is 14.9. The van der Waals surface area contributed by atoms with Gasteiger partial charge in [-0.15, -0.1) is 0 Å². The minimum Gasteiger partial charge on any atom is -0.396 e. The Morgan fingerprint density at radius 3 is 2.75 bits per heavy atom. The molecule has 0 aliphatic carbocycles. The van der Waals surface area contributed by atoms with Crippen molar-refractivity contribution in [3.8, 4) is 0 Å². The number of anilines is 2. The summed E-state index contributed by atoms with van der Waals surface area (Å²) in [5, 5.41) is 9.08. The summed E-state index contributed by atoms with van der Waals surface area (Å²) >= 11 is 0. The number of rotatable bonds is 3. The van der Waals surface area contributed by atoms with Crippen molar-refractivity contribution < 1.29 is 18.3 Å². The molecule has 7 heteroatoms. The van der Waals surface area contributed by atoms with Gasteiger partial charge in [0, 0.05) is 25.4 Å². The maximum absolute atomic E-state index is 12.6. The fourth-order valence-corrected chi connectivity index (χ4v) is 2.60. The van der Waals surface area contributed by atoms with Crippen LogP contribution in [0.1, 0.15) is 31.2 Å². The highest BCUT2D eigenvalue weighted by Crippen LogP contribution is 2.34. The van der Waals surface area contributed by atoms with E-state index in [1.54, 1.807) is 0 Å². The van der Waals surface area contributed by atoms with E-state index < -0.39 is 11.7 Å². The zero-order chi connectivity index (χ0) is 14.8. The number of piperidine rings is 1. The van der Waals surface area contributed by atoms with E-state index >= 15 is 0 Å². The molecule has 1 aromatic heterocycles. The average Bonchev–Trinajstić information content (AvgIpc) is 2.39. The highest BCUT2D eigenvalue weighted by molar-refractivity contribution is 5.64. The summed E-state index contributed by atoms with van der Waals surface area (Å²) in [5.74, 6) is 0.385. The Bertz CT molecular complexity index is 463. The summed E-state index contributed by atoms with van der Waals surface area (Å²) in [7, 11) is 0. The normalized spacial score (nSPS) is 20.2. The number of hydrogen-bond donors (Lipinski definition) is 2. The van der Waals surface area contributed by atoms with Crippen LogP contribution >= 0.6 is 0 Å². The lowest BCUT2D eigenvalue weighted by Gasteiger charge is -2.37. The molecule has 1 aromatic rings. The summed E-state index contributed by atoms with van der Waals surface area (Å²) in [5.41, 5.74) is 4.93. The van der Waals surface area contributed by atoms with E-state index in [9.17, 15) is 13.2 Å². The molecule has 4 nitrogen and oxygen atoms in total. The van der Waals surface area contributed by atoms with Gasteiger partial charge < -0.3 is 15.7 Å². The second-order valence-corrected chi connectivity index (χ2v) is 4.99. The minimum atomic E-state index is -4.44. The van der Waals surface area contributed by atoms with Gasteiger partial charge in [0.1, 0.15) is 0 Å². The molecule has 0 bridgehead atoms. The van der Waals surface area contributed by atoms with Gasteiger partial charge in [-0.2, -0.15) is 13.2 Å². The van der Waals surface area contributed by atoms with E-state index in [1.807, 2.05) is 4.90 Å². The number of nitrogens with two attached hydrogens (primary N) is 1. The number of pyridine rings is 1. The van der Waals surface area contributed by atoms with E-state index in [2.05, 4.69) is 4.98 Å². The Balaban J connectivity index is 2.27. The third-order valence-corrected chi connectivity index (χ3v) is 3.58.